The average molecular weight is 494 g/mol. The van der Waals surface area contributed by atoms with Crippen LogP contribution in [0.1, 0.15) is 29.4 Å². The first kappa shape index (κ1) is 22.4. The summed E-state index contributed by atoms with van der Waals surface area (Å²) in [6, 6.07) is 20.6. The number of rotatable bonds is 10. The van der Waals surface area contributed by atoms with Gasteiger partial charge in [0, 0.05) is 19.5 Å². The summed E-state index contributed by atoms with van der Waals surface area (Å²) in [5.74, 6) is 2.48. The molecule has 0 radical (unpaired) electrons. The van der Waals surface area contributed by atoms with E-state index in [0.29, 0.717) is 13.2 Å². The molecule has 32 heavy (non-hydrogen) atoms. The number of H-pyrrole nitrogens is 1. The summed E-state index contributed by atoms with van der Waals surface area (Å²) < 4.78 is 12.9. The number of nitrogens with one attached hydrogen (secondary N) is 2. The maximum atomic E-state index is 6.12. The van der Waals surface area contributed by atoms with Crippen LogP contribution in [0.5, 0.6) is 11.5 Å². The smallest absolute Gasteiger partial charge is 0.175 e. The fourth-order valence-corrected chi connectivity index (χ4v) is 4.25. The minimum Gasteiger partial charge on any atom is -0.490 e. The molecule has 0 saturated carbocycles. The summed E-state index contributed by atoms with van der Waals surface area (Å²) in [4.78, 5) is 8.01. The summed E-state index contributed by atoms with van der Waals surface area (Å²) >= 11 is 3.67. The van der Waals surface area contributed by atoms with Crippen molar-refractivity contribution in [2.45, 2.75) is 33.4 Å². The second-order valence-electron chi connectivity index (χ2n) is 7.74. The standard InChI is InChI=1S/C26H28BrN3O2/c1-3-31-24-15-20(14-21(27)26(24)32-17-19-8-6-7-18(2)13-19)16-28-12-11-25-29-22-9-4-5-10-23(22)30-25/h4-10,13-15,28H,3,11-12,16-17H2,1-2H3,(H,29,30). The van der Waals surface area contributed by atoms with Crippen LogP contribution >= 0.6 is 15.9 Å². The van der Waals surface area contributed by atoms with Crippen molar-refractivity contribution in [2.24, 2.45) is 0 Å². The fourth-order valence-electron chi connectivity index (χ4n) is 3.65. The van der Waals surface area contributed by atoms with Gasteiger partial charge in [-0.15, -0.1) is 0 Å². The van der Waals surface area contributed by atoms with Gasteiger partial charge in [-0.2, -0.15) is 0 Å². The van der Waals surface area contributed by atoms with E-state index < -0.39 is 0 Å². The lowest BCUT2D eigenvalue weighted by atomic mass is 10.1. The third kappa shape index (κ3) is 5.69. The molecule has 3 aromatic carbocycles. The molecule has 2 N–H and O–H groups in total. The average Bonchev–Trinajstić information content (AvgIpc) is 3.19. The Labute approximate surface area is 197 Å². The highest BCUT2D eigenvalue weighted by atomic mass is 79.9. The molecule has 1 aromatic heterocycles. The molecular formula is C26H28BrN3O2. The number of para-hydroxylation sites is 2. The summed E-state index contributed by atoms with van der Waals surface area (Å²) in [6.07, 6.45) is 0.839. The zero-order valence-electron chi connectivity index (χ0n) is 18.5. The van der Waals surface area contributed by atoms with Gasteiger partial charge in [0.1, 0.15) is 12.4 Å². The maximum Gasteiger partial charge on any atom is 0.175 e. The summed E-state index contributed by atoms with van der Waals surface area (Å²) in [6.45, 7) is 6.70. The lowest BCUT2D eigenvalue weighted by Gasteiger charge is -2.16. The van der Waals surface area contributed by atoms with Crippen molar-refractivity contribution in [3.8, 4) is 11.5 Å². The summed E-state index contributed by atoms with van der Waals surface area (Å²) in [5, 5.41) is 3.50. The third-order valence-corrected chi connectivity index (χ3v) is 5.73. The molecule has 1 heterocycles. The Kier molecular flexibility index (Phi) is 7.45. The van der Waals surface area contributed by atoms with Crippen LogP contribution in [0.4, 0.5) is 0 Å². The number of benzene rings is 3. The van der Waals surface area contributed by atoms with Gasteiger partial charge in [0.15, 0.2) is 11.5 Å². The predicted octanol–water partition coefficient (Wildman–Crippen LogP) is 5.94. The molecule has 0 amide bonds. The van der Waals surface area contributed by atoms with Crippen LogP contribution in [0.3, 0.4) is 0 Å². The molecule has 6 heteroatoms. The van der Waals surface area contributed by atoms with Crippen molar-refractivity contribution in [3.63, 3.8) is 0 Å². The third-order valence-electron chi connectivity index (χ3n) is 5.14. The molecule has 0 fully saturated rings. The van der Waals surface area contributed by atoms with Crippen molar-refractivity contribution in [1.29, 1.82) is 0 Å². The van der Waals surface area contributed by atoms with Crippen molar-refractivity contribution >= 4 is 27.0 Å². The van der Waals surface area contributed by atoms with E-state index in [1.54, 1.807) is 0 Å². The first-order valence-corrected chi connectivity index (χ1v) is 11.7. The normalized spacial score (nSPS) is 11.1. The highest BCUT2D eigenvalue weighted by molar-refractivity contribution is 9.10. The molecule has 0 aliphatic carbocycles. The van der Waals surface area contributed by atoms with Crippen LogP contribution in [0, 0.1) is 6.92 Å². The number of aromatic nitrogens is 2. The van der Waals surface area contributed by atoms with Crippen molar-refractivity contribution < 1.29 is 9.47 Å². The van der Waals surface area contributed by atoms with E-state index in [4.69, 9.17) is 9.47 Å². The SMILES string of the molecule is CCOc1cc(CNCCc2nc3ccccc3[nH]2)cc(Br)c1OCc1cccc(C)c1. The van der Waals surface area contributed by atoms with Crippen molar-refractivity contribution in [1.82, 2.24) is 15.3 Å². The second kappa shape index (κ2) is 10.7. The van der Waals surface area contributed by atoms with Crippen molar-refractivity contribution in [2.75, 3.05) is 13.2 Å². The van der Waals surface area contributed by atoms with Gasteiger partial charge in [-0.1, -0.05) is 42.0 Å². The number of hydrogen-bond donors (Lipinski definition) is 2. The van der Waals surface area contributed by atoms with Crippen LogP contribution in [-0.4, -0.2) is 23.1 Å². The molecule has 0 unspecified atom stereocenters. The van der Waals surface area contributed by atoms with Crippen LogP contribution in [0.15, 0.2) is 65.1 Å². The van der Waals surface area contributed by atoms with Gasteiger partial charge in [-0.05, 0) is 65.2 Å². The van der Waals surface area contributed by atoms with E-state index in [0.717, 1.165) is 63.5 Å². The molecule has 0 atom stereocenters. The quantitative estimate of drug-likeness (QED) is 0.268. The zero-order valence-corrected chi connectivity index (χ0v) is 20.0. The van der Waals surface area contributed by atoms with Gasteiger partial charge in [0.05, 0.1) is 22.1 Å². The van der Waals surface area contributed by atoms with Crippen LogP contribution in [0.2, 0.25) is 0 Å². The predicted molar refractivity (Wildman–Crippen MR) is 132 cm³/mol. The molecular weight excluding hydrogens is 466 g/mol. The first-order valence-electron chi connectivity index (χ1n) is 10.9. The molecule has 0 spiro atoms. The number of fused-ring (bicyclic) bond motifs is 1. The minimum absolute atomic E-state index is 0.495. The van der Waals surface area contributed by atoms with Crippen molar-refractivity contribution in [3.05, 3.63) is 87.7 Å². The molecule has 0 saturated heterocycles. The minimum atomic E-state index is 0.495. The number of aryl methyl sites for hydroxylation is 1. The molecule has 0 aliphatic rings. The van der Waals surface area contributed by atoms with Crippen LogP contribution in [0.25, 0.3) is 11.0 Å². The topological polar surface area (TPSA) is 59.2 Å². The Morgan fingerprint density at radius 2 is 1.88 bits per heavy atom. The molecule has 0 aliphatic heterocycles. The van der Waals surface area contributed by atoms with Gasteiger partial charge >= 0.3 is 0 Å². The van der Waals surface area contributed by atoms with E-state index >= 15 is 0 Å². The lowest BCUT2D eigenvalue weighted by Crippen LogP contribution is -2.17. The zero-order chi connectivity index (χ0) is 22.3. The molecule has 4 aromatic rings. The number of aromatic amines is 1. The monoisotopic (exact) mass is 493 g/mol. The van der Waals surface area contributed by atoms with E-state index in [1.807, 2.05) is 37.3 Å². The number of ether oxygens (including phenoxy) is 2. The number of halogens is 1. The van der Waals surface area contributed by atoms with Gasteiger partial charge in [-0.3, -0.25) is 0 Å². The highest BCUT2D eigenvalue weighted by Crippen LogP contribution is 2.37. The highest BCUT2D eigenvalue weighted by Gasteiger charge is 2.13. The number of nitrogens with zero attached hydrogens (tertiary/aromatic N) is 1. The second-order valence-corrected chi connectivity index (χ2v) is 8.60. The Morgan fingerprint density at radius 3 is 2.69 bits per heavy atom. The largest absolute Gasteiger partial charge is 0.490 e. The Morgan fingerprint density at radius 1 is 1.00 bits per heavy atom. The van der Waals surface area contributed by atoms with Crippen LogP contribution < -0.4 is 14.8 Å². The van der Waals surface area contributed by atoms with Gasteiger partial charge in [-0.25, -0.2) is 4.98 Å². The Bertz CT molecular complexity index is 1160. The number of imidazole rings is 1. The Balaban J connectivity index is 1.37. The van der Waals surface area contributed by atoms with Crippen LogP contribution in [-0.2, 0) is 19.6 Å². The first-order chi connectivity index (χ1) is 15.6. The fraction of sp³-hybridized carbons (Fsp3) is 0.269. The molecule has 166 valence electrons. The van der Waals surface area contributed by atoms with E-state index in [2.05, 4.69) is 68.5 Å². The Hall–Kier alpha value is -2.83. The van der Waals surface area contributed by atoms with Gasteiger partial charge < -0.3 is 19.8 Å². The van der Waals surface area contributed by atoms with Gasteiger partial charge in [0.2, 0.25) is 0 Å². The van der Waals surface area contributed by atoms with E-state index in [-0.39, 0.29) is 0 Å². The van der Waals surface area contributed by atoms with Gasteiger partial charge in [0.25, 0.3) is 0 Å². The van der Waals surface area contributed by atoms with E-state index in [1.165, 1.54) is 5.56 Å². The molecule has 4 rings (SSSR count). The number of hydrogen-bond acceptors (Lipinski definition) is 4. The molecule has 5 nitrogen and oxygen atoms in total. The molecule has 0 bridgehead atoms. The summed E-state index contributed by atoms with van der Waals surface area (Å²) in [7, 11) is 0. The maximum absolute atomic E-state index is 6.12. The summed E-state index contributed by atoms with van der Waals surface area (Å²) in [5.41, 5.74) is 5.57. The van der Waals surface area contributed by atoms with E-state index in [9.17, 15) is 0 Å². The lowest BCUT2D eigenvalue weighted by molar-refractivity contribution is 0.267.